The van der Waals surface area contributed by atoms with E-state index in [2.05, 4.69) is 15.5 Å². The van der Waals surface area contributed by atoms with Crippen LogP contribution in [-0.2, 0) is 9.59 Å². The fourth-order valence-corrected chi connectivity index (χ4v) is 2.77. The first kappa shape index (κ1) is 23.0. The second-order valence-corrected chi connectivity index (χ2v) is 6.29. The molecule has 0 heterocycles. The molecule has 1 unspecified atom stereocenters. The fraction of sp³-hybridized carbons (Fsp3) is 0.300. The van der Waals surface area contributed by atoms with Crippen LogP contribution in [0.25, 0.3) is 0 Å². The summed E-state index contributed by atoms with van der Waals surface area (Å²) in [5.41, 5.74) is 0.401. The molecule has 0 fully saturated rings. The molecule has 0 bridgehead atoms. The van der Waals surface area contributed by atoms with E-state index in [4.69, 9.17) is 30.5 Å². The van der Waals surface area contributed by atoms with Crippen molar-refractivity contribution < 1.29 is 28.5 Å². The molecule has 0 aliphatic heterocycles. The van der Waals surface area contributed by atoms with E-state index in [1.165, 1.54) is 41.4 Å². The number of Topliss-reactive ketones (excluding diaryl/α,β-unsaturated/α-hetero) is 1. The second kappa shape index (κ2) is 10.4. The molecule has 2 aromatic rings. The van der Waals surface area contributed by atoms with Crippen LogP contribution >= 0.6 is 11.6 Å². The number of methoxy groups -OCH3 is 4. The summed E-state index contributed by atoms with van der Waals surface area (Å²) in [6.45, 7) is 1.23. The Kier molecular flexibility index (Phi) is 7.99. The van der Waals surface area contributed by atoms with Gasteiger partial charge in [0, 0.05) is 0 Å². The van der Waals surface area contributed by atoms with Crippen molar-refractivity contribution >= 4 is 34.7 Å². The number of carbonyl (C=O) groups is 2. The van der Waals surface area contributed by atoms with Gasteiger partial charge in [0.25, 0.3) is 5.91 Å². The number of nitrogens with one attached hydrogen (secondary N) is 1. The van der Waals surface area contributed by atoms with Gasteiger partial charge in [-0.05, 0) is 31.2 Å². The number of benzene rings is 2. The van der Waals surface area contributed by atoms with Crippen molar-refractivity contribution in [1.29, 1.82) is 0 Å². The monoisotopic (exact) mass is 435 g/mol. The molecular weight excluding hydrogens is 414 g/mol. The summed E-state index contributed by atoms with van der Waals surface area (Å²) in [4.78, 5) is 24.9. The van der Waals surface area contributed by atoms with E-state index in [9.17, 15) is 9.59 Å². The number of hydrogen-bond donors (Lipinski definition) is 1. The quantitative estimate of drug-likeness (QED) is 0.470. The first-order valence-electron chi connectivity index (χ1n) is 8.71. The average Bonchev–Trinajstić information content (AvgIpc) is 2.74. The molecule has 160 valence electrons. The lowest BCUT2D eigenvalue weighted by Gasteiger charge is -2.16. The summed E-state index contributed by atoms with van der Waals surface area (Å²) in [5.74, 6) is 0.0502. The summed E-state index contributed by atoms with van der Waals surface area (Å²) < 4.78 is 21.0. The van der Waals surface area contributed by atoms with Gasteiger partial charge in [0.2, 0.25) is 6.04 Å². The average molecular weight is 436 g/mol. The molecule has 1 amide bonds. The number of halogens is 1. The van der Waals surface area contributed by atoms with Crippen molar-refractivity contribution in [2.75, 3.05) is 33.8 Å². The van der Waals surface area contributed by atoms with Crippen molar-refractivity contribution in [3.05, 3.63) is 35.4 Å². The number of ketones is 1. The smallest absolute Gasteiger partial charge is 0.258 e. The second-order valence-electron chi connectivity index (χ2n) is 5.89. The Morgan fingerprint density at radius 1 is 0.933 bits per heavy atom. The third kappa shape index (κ3) is 4.98. The third-order valence-corrected chi connectivity index (χ3v) is 4.37. The minimum Gasteiger partial charge on any atom is -0.494 e. The lowest BCUT2D eigenvalue weighted by molar-refractivity contribution is -0.126. The van der Waals surface area contributed by atoms with Gasteiger partial charge in [0.1, 0.15) is 17.2 Å². The number of anilines is 1. The molecule has 30 heavy (non-hydrogen) atoms. The van der Waals surface area contributed by atoms with Crippen LogP contribution in [0.3, 0.4) is 0 Å². The van der Waals surface area contributed by atoms with Gasteiger partial charge in [0.15, 0.2) is 23.0 Å². The molecule has 1 atom stereocenters. The van der Waals surface area contributed by atoms with E-state index in [-0.39, 0.29) is 22.1 Å². The van der Waals surface area contributed by atoms with Gasteiger partial charge in [0.05, 0.1) is 33.5 Å². The molecule has 0 aromatic heterocycles. The Morgan fingerprint density at radius 3 is 2.03 bits per heavy atom. The van der Waals surface area contributed by atoms with Crippen LogP contribution in [0.5, 0.6) is 23.0 Å². The number of nitrogens with zero attached hydrogens (tertiary/aromatic N) is 2. The molecule has 0 aliphatic rings. The maximum atomic E-state index is 12.8. The van der Waals surface area contributed by atoms with E-state index in [1.807, 2.05) is 0 Å². The first-order chi connectivity index (χ1) is 14.4. The highest BCUT2D eigenvalue weighted by atomic mass is 35.5. The molecule has 0 spiro atoms. The zero-order chi connectivity index (χ0) is 22.3. The van der Waals surface area contributed by atoms with E-state index in [0.29, 0.717) is 17.2 Å². The van der Waals surface area contributed by atoms with Crippen molar-refractivity contribution in [2.45, 2.75) is 13.0 Å². The highest BCUT2D eigenvalue weighted by molar-refractivity contribution is 6.34. The maximum Gasteiger partial charge on any atom is 0.258 e. The van der Waals surface area contributed by atoms with E-state index in [1.54, 1.807) is 24.3 Å². The molecule has 1 N–H and O–H groups in total. The van der Waals surface area contributed by atoms with Crippen LogP contribution in [0.15, 0.2) is 40.6 Å². The van der Waals surface area contributed by atoms with Crippen molar-refractivity contribution in [3.63, 3.8) is 0 Å². The van der Waals surface area contributed by atoms with Crippen LogP contribution in [0.4, 0.5) is 11.4 Å². The molecule has 0 aliphatic carbocycles. The van der Waals surface area contributed by atoms with E-state index < -0.39 is 17.7 Å². The van der Waals surface area contributed by atoms with E-state index in [0.717, 1.165) is 0 Å². The van der Waals surface area contributed by atoms with Crippen molar-refractivity contribution in [2.24, 2.45) is 10.2 Å². The summed E-state index contributed by atoms with van der Waals surface area (Å²) >= 11 is 6.20. The van der Waals surface area contributed by atoms with Crippen LogP contribution in [0, 0.1) is 0 Å². The standard InChI is InChI=1S/C20H22ClN3O6/c1-11(25)16(23-24-18-13(27-2)7-6-8-14(18)28-3)20(26)22-17-12(21)9-10-15(29-4)19(17)30-5/h6-10,16H,1-5H3,(H,22,26). The van der Waals surface area contributed by atoms with Crippen molar-refractivity contribution in [1.82, 2.24) is 0 Å². The summed E-state index contributed by atoms with van der Waals surface area (Å²) in [6, 6.07) is 6.70. The number of azo groups is 1. The maximum absolute atomic E-state index is 12.8. The number of amides is 1. The van der Waals surface area contributed by atoms with Crippen LogP contribution in [0.1, 0.15) is 6.92 Å². The lowest BCUT2D eigenvalue weighted by Crippen LogP contribution is -2.32. The molecule has 2 rings (SSSR count). The molecule has 9 nitrogen and oxygen atoms in total. The van der Waals surface area contributed by atoms with Gasteiger partial charge in [-0.15, -0.1) is 5.11 Å². The summed E-state index contributed by atoms with van der Waals surface area (Å²) in [6.07, 6.45) is 0. The fourth-order valence-electron chi connectivity index (χ4n) is 2.57. The number of ether oxygens (including phenoxy) is 4. The predicted octanol–water partition coefficient (Wildman–Crippen LogP) is 4.05. The Hall–Kier alpha value is -3.33. The Bertz CT molecular complexity index is 942. The zero-order valence-electron chi connectivity index (χ0n) is 17.2. The van der Waals surface area contributed by atoms with Gasteiger partial charge in [-0.2, -0.15) is 5.11 Å². The molecule has 0 radical (unpaired) electrons. The number of hydrogen-bond acceptors (Lipinski definition) is 8. The number of carbonyl (C=O) groups excluding carboxylic acids is 2. The van der Waals surface area contributed by atoms with Crippen molar-refractivity contribution in [3.8, 4) is 23.0 Å². The normalized spacial score (nSPS) is 11.7. The Balaban J connectivity index is 2.39. The van der Waals surface area contributed by atoms with Gasteiger partial charge in [-0.25, -0.2) is 0 Å². The topological polar surface area (TPSA) is 108 Å². The van der Waals surface area contributed by atoms with Gasteiger partial charge >= 0.3 is 0 Å². The molecule has 0 saturated heterocycles. The predicted molar refractivity (Wildman–Crippen MR) is 112 cm³/mol. The third-order valence-electron chi connectivity index (χ3n) is 4.05. The van der Waals surface area contributed by atoms with Gasteiger partial charge in [-0.3, -0.25) is 9.59 Å². The molecule has 0 saturated carbocycles. The lowest BCUT2D eigenvalue weighted by atomic mass is 10.2. The SMILES string of the molecule is COc1cccc(OC)c1N=NC(C(C)=O)C(=O)Nc1c(Cl)ccc(OC)c1OC. The minimum absolute atomic E-state index is 0.153. The van der Waals surface area contributed by atoms with Gasteiger partial charge in [-0.1, -0.05) is 17.7 Å². The first-order valence-corrected chi connectivity index (χ1v) is 9.09. The molecule has 10 heteroatoms. The highest BCUT2D eigenvalue weighted by Crippen LogP contribution is 2.41. The number of rotatable bonds is 9. The molecular formula is C20H22ClN3O6. The Labute approximate surface area is 178 Å². The largest absolute Gasteiger partial charge is 0.494 e. The highest BCUT2D eigenvalue weighted by Gasteiger charge is 2.26. The van der Waals surface area contributed by atoms with Gasteiger partial charge < -0.3 is 24.3 Å². The van der Waals surface area contributed by atoms with E-state index >= 15 is 0 Å². The molecule has 2 aromatic carbocycles. The minimum atomic E-state index is -1.44. The Morgan fingerprint density at radius 2 is 1.53 bits per heavy atom. The van der Waals surface area contributed by atoms with Crippen LogP contribution < -0.4 is 24.3 Å². The summed E-state index contributed by atoms with van der Waals surface area (Å²) in [5, 5.41) is 10.7. The summed E-state index contributed by atoms with van der Waals surface area (Å²) in [7, 11) is 5.77. The van der Waals surface area contributed by atoms with Crippen LogP contribution in [-0.4, -0.2) is 46.2 Å². The van der Waals surface area contributed by atoms with Crippen LogP contribution in [0.2, 0.25) is 5.02 Å². The zero-order valence-corrected chi connectivity index (χ0v) is 17.9.